The van der Waals surface area contributed by atoms with Crippen molar-refractivity contribution in [2.45, 2.75) is 37.6 Å². The van der Waals surface area contributed by atoms with Crippen LogP contribution >= 0.6 is 0 Å². The van der Waals surface area contributed by atoms with E-state index in [4.69, 9.17) is 5.11 Å². The summed E-state index contributed by atoms with van der Waals surface area (Å²) in [6, 6.07) is 6.35. The summed E-state index contributed by atoms with van der Waals surface area (Å²) in [6.07, 6.45) is -0.0969. The van der Waals surface area contributed by atoms with E-state index >= 15 is 0 Å². The number of benzene rings is 1. The Balaban J connectivity index is 1.86. The fraction of sp³-hybridized carbons (Fsp3) is 0.389. The average Bonchev–Trinajstić information content (AvgIpc) is 2.88. The molecule has 3 N–H and O–H groups in total. The zero-order valence-corrected chi connectivity index (χ0v) is 14.5. The standard InChI is InChI=1S/C18H19N3O6/c22-13-7-9-18(16(25)20-13,8-3-4-10-19-17(26)27)21-14(23)11-5-1-2-6-12(11)15(21)24/h1-2,5-6,19H,3-4,7-10H2,(H,26,27)(H,20,22,25). The summed E-state index contributed by atoms with van der Waals surface area (Å²) in [4.78, 5) is 61.6. The molecule has 9 heteroatoms. The largest absolute Gasteiger partial charge is 0.465 e. The summed E-state index contributed by atoms with van der Waals surface area (Å²) < 4.78 is 0. The van der Waals surface area contributed by atoms with Gasteiger partial charge in [0.2, 0.25) is 5.91 Å². The van der Waals surface area contributed by atoms with Crippen molar-refractivity contribution in [3.63, 3.8) is 0 Å². The maximum atomic E-state index is 12.9. The van der Waals surface area contributed by atoms with Crippen LogP contribution in [0.1, 0.15) is 52.8 Å². The number of fused-ring (bicyclic) bond motifs is 1. The normalized spacial score (nSPS) is 21.9. The lowest BCUT2D eigenvalue weighted by Gasteiger charge is -2.41. The van der Waals surface area contributed by atoms with Crippen molar-refractivity contribution in [1.29, 1.82) is 0 Å². The van der Waals surface area contributed by atoms with E-state index in [1.165, 1.54) is 12.1 Å². The first-order valence-electron chi connectivity index (χ1n) is 8.66. The molecule has 1 atom stereocenters. The Morgan fingerprint density at radius 3 is 2.30 bits per heavy atom. The second-order valence-corrected chi connectivity index (χ2v) is 6.59. The maximum absolute atomic E-state index is 12.9. The van der Waals surface area contributed by atoms with E-state index in [2.05, 4.69) is 10.6 Å². The Morgan fingerprint density at radius 1 is 1.11 bits per heavy atom. The topological polar surface area (TPSA) is 133 Å². The number of nitrogens with one attached hydrogen (secondary N) is 2. The van der Waals surface area contributed by atoms with Gasteiger partial charge in [0.25, 0.3) is 17.7 Å². The van der Waals surface area contributed by atoms with E-state index in [0.29, 0.717) is 12.8 Å². The van der Waals surface area contributed by atoms with Gasteiger partial charge in [0.1, 0.15) is 5.54 Å². The van der Waals surface area contributed by atoms with Crippen molar-refractivity contribution in [2.24, 2.45) is 0 Å². The van der Waals surface area contributed by atoms with E-state index in [1.54, 1.807) is 12.1 Å². The lowest BCUT2D eigenvalue weighted by atomic mass is 9.82. The third kappa shape index (κ3) is 3.27. The Hall–Kier alpha value is -3.23. The van der Waals surface area contributed by atoms with Crippen molar-refractivity contribution in [3.05, 3.63) is 35.4 Å². The minimum Gasteiger partial charge on any atom is -0.465 e. The zero-order valence-electron chi connectivity index (χ0n) is 14.5. The van der Waals surface area contributed by atoms with E-state index < -0.39 is 35.3 Å². The highest BCUT2D eigenvalue weighted by molar-refractivity contribution is 6.24. The molecule has 142 valence electrons. The molecule has 1 saturated heterocycles. The molecule has 1 fully saturated rings. The molecule has 0 aromatic heterocycles. The Bertz CT molecular complexity index is 801. The number of carbonyl (C=O) groups excluding carboxylic acids is 4. The number of hydrogen-bond acceptors (Lipinski definition) is 5. The highest BCUT2D eigenvalue weighted by atomic mass is 16.4. The van der Waals surface area contributed by atoms with Gasteiger partial charge in [0.15, 0.2) is 0 Å². The molecule has 2 aliphatic rings. The van der Waals surface area contributed by atoms with Gasteiger partial charge in [0.05, 0.1) is 11.1 Å². The van der Waals surface area contributed by atoms with Crippen LogP contribution in [0.15, 0.2) is 24.3 Å². The molecule has 2 heterocycles. The van der Waals surface area contributed by atoms with Crippen LogP contribution in [0.2, 0.25) is 0 Å². The molecule has 0 aliphatic carbocycles. The van der Waals surface area contributed by atoms with Crippen LogP contribution in [-0.2, 0) is 9.59 Å². The molecule has 1 unspecified atom stereocenters. The quantitative estimate of drug-likeness (QED) is 0.501. The molecule has 1 aromatic rings. The van der Waals surface area contributed by atoms with Crippen LogP contribution in [0, 0.1) is 0 Å². The molecule has 9 nitrogen and oxygen atoms in total. The lowest BCUT2D eigenvalue weighted by molar-refractivity contribution is -0.142. The first kappa shape index (κ1) is 18.6. The first-order valence-corrected chi connectivity index (χ1v) is 8.66. The predicted molar refractivity (Wildman–Crippen MR) is 91.9 cm³/mol. The summed E-state index contributed by atoms with van der Waals surface area (Å²) in [5.74, 6) is -2.22. The summed E-state index contributed by atoms with van der Waals surface area (Å²) in [6.45, 7) is 0.189. The number of unbranched alkanes of at least 4 members (excludes halogenated alkanes) is 1. The molecule has 0 radical (unpaired) electrons. The zero-order chi connectivity index (χ0) is 19.6. The average molecular weight is 373 g/mol. The number of imide groups is 2. The van der Waals surface area contributed by atoms with Gasteiger partial charge in [-0.1, -0.05) is 12.1 Å². The number of amides is 5. The van der Waals surface area contributed by atoms with Crippen LogP contribution in [-0.4, -0.2) is 51.8 Å². The predicted octanol–water partition coefficient (Wildman–Crippen LogP) is 0.896. The summed E-state index contributed by atoms with van der Waals surface area (Å²) in [5, 5.41) is 13.1. The molecule has 0 spiro atoms. The van der Waals surface area contributed by atoms with Gasteiger partial charge in [-0.25, -0.2) is 4.79 Å². The smallest absolute Gasteiger partial charge is 0.404 e. The highest BCUT2D eigenvalue weighted by Crippen LogP contribution is 2.37. The molecule has 27 heavy (non-hydrogen) atoms. The number of carbonyl (C=O) groups is 5. The lowest BCUT2D eigenvalue weighted by Crippen LogP contribution is -2.64. The molecule has 0 saturated carbocycles. The molecule has 1 aromatic carbocycles. The highest BCUT2D eigenvalue weighted by Gasteiger charge is 2.54. The monoisotopic (exact) mass is 373 g/mol. The van der Waals surface area contributed by atoms with Gasteiger partial charge < -0.3 is 10.4 Å². The van der Waals surface area contributed by atoms with E-state index in [1.807, 2.05) is 0 Å². The molecular weight excluding hydrogens is 354 g/mol. The molecule has 0 bridgehead atoms. The van der Waals surface area contributed by atoms with Crippen molar-refractivity contribution in [3.8, 4) is 0 Å². The van der Waals surface area contributed by atoms with Gasteiger partial charge in [-0.3, -0.25) is 29.4 Å². The van der Waals surface area contributed by atoms with Gasteiger partial charge >= 0.3 is 6.09 Å². The van der Waals surface area contributed by atoms with Crippen LogP contribution in [0.5, 0.6) is 0 Å². The number of piperidine rings is 1. The van der Waals surface area contributed by atoms with Gasteiger partial charge in [-0.15, -0.1) is 0 Å². The second-order valence-electron chi connectivity index (χ2n) is 6.59. The Morgan fingerprint density at radius 2 is 1.74 bits per heavy atom. The van der Waals surface area contributed by atoms with Crippen LogP contribution in [0.25, 0.3) is 0 Å². The molecule has 2 aliphatic heterocycles. The number of rotatable bonds is 6. The molecule has 5 amide bonds. The Labute approximate surface area is 154 Å². The van der Waals surface area contributed by atoms with E-state index in [0.717, 1.165) is 4.90 Å². The second kappa shape index (κ2) is 7.18. The summed E-state index contributed by atoms with van der Waals surface area (Å²) in [5.41, 5.74) is -0.983. The Kier molecular flexibility index (Phi) is 4.93. The minimum atomic E-state index is -1.45. The number of hydrogen-bond donors (Lipinski definition) is 3. The number of carboxylic acid groups (broad SMARTS) is 1. The summed E-state index contributed by atoms with van der Waals surface area (Å²) >= 11 is 0. The summed E-state index contributed by atoms with van der Waals surface area (Å²) in [7, 11) is 0. The third-order valence-corrected chi connectivity index (χ3v) is 4.96. The maximum Gasteiger partial charge on any atom is 0.404 e. The molecule has 3 rings (SSSR count). The van der Waals surface area contributed by atoms with E-state index in [-0.39, 0.29) is 36.9 Å². The van der Waals surface area contributed by atoms with Crippen molar-refractivity contribution in [2.75, 3.05) is 6.54 Å². The van der Waals surface area contributed by atoms with Gasteiger partial charge in [0, 0.05) is 13.0 Å². The van der Waals surface area contributed by atoms with Crippen molar-refractivity contribution >= 4 is 29.7 Å². The fourth-order valence-corrected chi connectivity index (χ4v) is 3.62. The van der Waals surface area contributed by atoms with Crippen LogP contribution in [0.3, 0.4) is 0 Å². The molecular formula is C18H19N3O6. The van der Waals surface area contributed by atoms with Crippen molar-refractivity contribution < 1.29 is 29.1 Å². The van der Waals surface area contributed by atoms with E-state index in [9.17, 15) is 24.0 Å². The third-order valence-electron chi connectivity index (χ3n) is 4.96. The number of nitrogens with zero attached hydrogens (tertiary/aromatic N) is 1. The first-order chi connectivity index (χ1) is 12.9. The van der Waals surface area contributed by atoms with Gasteiger partial charge in [-0.05, 0) is 37.8 Å². The van der Waals surface area contributed by atoms with Gasteiger partial charge in [-0.2, -0.15) is 0 Å². The van der Waals surface area contributed by atoms with Crippen LogP contribution < -0.4 is 10.6 Å². The van der Waals surface area contributed by atoms with Crippen LogP contribution in [0.4, 0.5) is 4.79 Å². The minimum absolute atomic E-state index is 0.0204. The SMILES string of the molecule is O=C(O)NCCCCC1(N2C(=O)c3ccccc3C2=O)CCC(=O)NC1=O. The van der Waals surface area contributed by atoms with Crippen molar-refractivity contribution in [1.82, 2.24) is 15.5 Å². The fourth-order valence-electron chi connectivity index (χ4n) is 3.62.